The third-order valence-corrected chi connectivity index (χ3v) is 8.23. The van der Waals surface area contributed by atoms with Crippen molar-refractivity contribution in [1.82, 2.24) is 25.5 Å². The molecule has 0 bridgehead atoms. The number of aromatic amines is 1. The van der Waals surface area contributed by atoms with Crippen LogP contribution in [0.5, 0.6) is 0 Å². The van der Waals surface area contributed by atoms with E-state index in [9.17, 15) is 13.2 Å². The lowest BCUT2D eigenvalue weighted by Gasteiger charge is -2.20. The molecule has 0 aliphatic heterocycles. The SMILES string of the molecule is CNC(=O)c1c(-c2ccc(C)cc2)oc2cc(N(C)S(C)(=O)=O)c(-c3cnnc(-c4cc5ncccc5[nH]4)c3)cc12. The maximum absolute atomic E-state index is 13.2. The lowest BCUT2D eigenvalue weighted by atomic mass is 9.98. The second kappa shape index (κ2) is 9.86. The molecule has 0 fully saturated rings. The number of aromatic nitrogens is 4. The van der Waals surface area contributed by atoms with Gasteiger partial charge in [0, 0.05) is 48.4 Å². The summed E-state index contributed by atoms with van der Waals surface area (Å²) in [6, 6.07) is 18.5. The van der Waals surface area contributed by atoms with Crippen LogP contribution in [0, 0.1) is 6.92 Å². The predicted molar refractivity (Wildman–Crippen MR) is 159 cm³/mol. The summed E-state index contributed by atoms with van der Waals surface area (Å²) in [4.78, 5) is 20.9. The molecule has 4 aromatic heterocycles. The number of carbonyl (C=O) groups excluding carboxylic acids is 1. The molecule has 0 aliphatic carbocycles. The zero-order chi connectivity index (χ0) is 28.9. The number of aryl methyl sites for hydroxylation is 1. The zero-order valence-electron chi connectivity index (χ0n) is 22.8. The van der Waals surface area contributed by atoms with Gasteiger partial charge >= 0.3 is 0 Å². The van der Waals surface area contributed by atoms with Crippen molar-refractivity contribution in [1.29, 1.82) is 0 Å². The van der Waals surface area contributed by atoms with E-state index in [1.807, 2.05) is 55.5 Å². The standard InChI is InChI=1S/C30H26N6O4S/c1-17-7-9-18(10-8-17)29-28(30(37)31-2)21-13-20(26(15-27(21)40-29)36(3)41(4,38)39)19-12-25(35-33-16-19)24-14-23-22(34-24)6-5-11-32-23/h5-16,34H,1-4H3,(H,31,37). The summed E-state index contributed by atoms with van der Waals surface area (Å²) in [5.41, 5.74) is 6.93. The third kappa shape index (κ3) is 4.70. The topological polar surface area (TPSA) is 134 Å². The van der Waals surface area contributed by atoms with E-state index in [4.69, 9.17) is 4.42 Å². The number of fused-ring (bicyclic) bond motifs is 2. The van der Waals surface area contributed by atoms with Crippen LogP contribution in [0.3, 0.4) is 0 Å². The van der Waals surface area contributed by atoms with E-state index in [-0.39, 0.29) is 5.91 Å². The van der Waals surface area contributed by atoms with E-state index in [1.165, 1.54) is 11.4 Å². The van der Waals surface area contributed by atoms with Crippen LogP contribution >= 0.6 is 0 Å². The number of hydrogen-bond donors (Lipinski definition) is 2. The molecule has 6 rings (SSSR count). The van der Waals surface area contributed by atoms with Crippen LogP contribution in [0.1, 0.15) is 15.9 Å². The first-order valence-corrected chi connectivity index (χ1v) is 14.6. The fraction of sp³-hybridized carbons (Fsp3) is 0.133. The molecule has 11 heteroatoms. The van der Waals surface area contributed by atoms with Crippen LogP contribution in [-0.2, 0) is 10.0 Å². The summed E-state index contributed by atoms with van der Waals surface area (Å²) in [5.74, 6) is 0.0668. The number of amides is 1. The Morgan fingerprint density at radius 3 is 2.54 bits per heavy atom. The molecule has 10 nitrogen and oxygen atoms in total. The van der Waals surface area contributed by atoms with Crippen molar-refractivity contribution >= 4 is 43.6 Å². The molecule has 1 amide bonds. The average Bonchev–Trinajstić information content (AvgIpc) is 3.57. The summed E-state index contributed by atoms with van der Waals surface area (Å²) in [6.07, 6.45) is 4.40. The lowest BCUT2D eigenvalue weighted by molar-refractivity contribution is 0.0964. The minimum atomic E-state index is -3.65. The van der Waals surface area contributed by atoms with E-state index >= 15 is 0 Å². The smallest absolute Gasteiger partial charge is 0.255 e. The quantitative estimate of drug-likeness (QED) is 0.284. The van der Waals surface area contributed by atoms with Crippen molar-refractivity contribution in [3.8, 4) is 33.8 Å². The Labute approximate surface area is 236 Å². The van der Waals surface area contributed by atoms with Gasteiger partial charge < -0.3 is 14.7 Å². The minimum absolute atomic E-state index is 0.325. The Hall–Kier alpha value is -5.03. The molecule has 41 heavy (non-hydrogen) atoms. The largest absolute Gasteiger partial charge is 0.455 e. The summed E-state index contributed by atoms with van der Waals surface area (Å²) < 4.78 is 32.9. The van der Waals surface area contributed by atoms with Gasteiger partial charge in [0.15, 0.2) is 0 Å². The van der Waals surface area contributed by atoms with Gasteiger partial charge in [-0.05, 0) is 37.3 Å². The van der Waals surface area contributed by atoms with Crippen molar-refractivity contribution in [2.45, 2.75) is 6.92 Å². The fourth-order valence-electron chi connectivity index (χ4n) is 4.80. The number of rotatable bonds is 6. The molecular weight excluding hydrogens is 540 g/mol. The second-order valence-corrected chi connectivity index (χ2v) is 11.8. The van der Waals surface area contributed by atoms with E-state index < -0.39 is 10.0 Å². The van der Waals surface area contributed by atoms with E-state index in [0.717, 1.165) is 28.4 Å². The van der Waals surface area contributed by atoms with Gasteiger partial charge in [-0.2, -0.15) is 5.10 Å². The molecule has 0 saturated heterocycles. The molecule has 0 unspecified atom stereocenters. The number of nitrogens with zero attached hydrogens (tertiary/aromatic N) is 4. The molecule has 0 aliphatic rings. The molecule has 0 radical (unpaired) electrons. The Bertz CT molecular complexity index is 2030. The Kier molecular flexibility index (Phi) is 6.30. The number of anilines is 1. The maximum atomic E-state index is 13.2. The zero-order valence-corrected chi connectivity index (χ0v) is 23.6. The van der Waals surface area contributed by atoms with Crippen molar-refractivity contribution in [3.05, 3.63) is 84.2 Å². The monoisotopic (exact) mass is 566 g/mol. The van der Waals surface area contributed by atoms with Gasteiger partial charge in [-0.1, -0.05) is 29.8 Å². The first-order chi connectivity index (χ1) is 19.6. The summed E-state index contributed by atoms with van der Waals surface area (Å²) in [7, 11) is -0.623. The highest BCUT2D eigenvalue weighted by molar-refractivity contribution is 7.92. The van der Waals surface area contributed by atoms with Gasteiger partial charge in [0.1, 0.15) is 17.0 Å². The van der Waals surface area contributed by atoms with Crippen molar-refractivity contribution in [3.63, 3.8) is 0 Å². The van der Waals surface area contributed by atoms with E-state index in [0.29, 0.717) is 50.5 Å². The first-order valence-electron chi connectivity index (χ1n) is 12.7. The number of nitrogens with one attached hydrogen (secondary N) is 2. The highest BCUT2D eigenvalue weighted by atomic mass is 32.2. The lowest BCUT2D eigenvalue weighted by Crippen LogP contribution is -2.25. The molecule has 206 valence electrons. The van der Waals surface area contributed by atoms with Crippen LogP contribution in [-0.4, -0.2) is 54.8 Å². The number of carbonyl (C=O) groups is 1. The average molecular weight is 567 g/mol. The third-order valence-electron chi connectivity index (χ3n) is 7.04. The first kappa shape index (κ1) is 26.2. The van der Waals surface area contributed by atoms with Crippen LogP contribution < -0.4 is 9.62 Å². The normalized spacial score (nSPS) is 11.7. The molecule has 0 atom stereocenters. The van der Waals surface area contributed by atoms with Crippen LogP contribution in [0.15, 0.2) is 77.5 Å². The van der Waals surface area contributed by atoms with Gasteiger partial charge in [0.2, 0.25) is 10.0 Å². The van der Waals surface area contributed by atoms with Gasteiger partial charge in [0.25, 0.3) is 5.91 Å². The van der Waals surface area contributed by atoms with Gasteiger partial charge in [0.05, 0.1) is 40.4 Å². The molecular formula is C30H26N6O4S. The Balaban J connectivity index is 1.61. The number of H-pyrrole nitrogens is 1. The minimum Gasteiger partial charge on any atom is -0.455 e. The van der Waals surface area contributed by atoms with Crippen LogP contribution in [0.25, 0.3) is 55.8 Å². The number of benzene rings is 2. The number of hydrogen-bond acceptors (Lipinski definition) is 7. The number of sulfonamides is 1. The van der Waals surface area contributed by atoms with Crippen LogP contribution in [0.2, 0.25) is 0 Å². The summed E-state index contributed by atoms with van der Waals surface area (Å²) in [6.45, 7) is 1.98. The van der Waals surface area contributed by atoms with Crippen molar-refractivity contribution in [2.24, 2.45) is 0 Å². The van der Waals surface area contributed by atoms with Crippen LogP contribution in [0.4, 0.5) is 5.69 Å². The molecule has 0 spiro atoms. The second-order valence-electron chi connectivity index (χ2n) is 9.80. The van der Waals surface area contributed by atoms with Gasteiger partial charge in [-0.25, -0.2) is 8.42 Å². The van der Waals surface area contributed by atoms with Crippen molar-refractivity contribution in [2.75, 3.05) is 24.7 Å². The fourth-order valence-corrected chi connectivity index (χ4v) is 5.31. The molecule has 2 N–H and O–H groups in total. The summed E-state index contributed by atoms with van der Waals surface area (Å²) >= 11 is 0. The maximum Gasteiger partial charge on any atom is 0.255 e. The predicted octanol–water partition coefficient (Wildman–Crippen LogP) is 5.16. The molecule has 2 aromatic carbocycles. The molecule has 4 heterocycles. The molecule has 6 aromatic rings. The van der Waals surface area contributed by atoms with Gasteiger partial charge in [-0.3, -0.25) is 14.1 Å². The van der Waals surface area contributed by atoms with E-state index in [1.54, 1.807) is 31.6 Å². The number of furan rings is 1. The van der Waals surface area contributed by atoms with E-state index in [2.05, 4.69) is 25.5 Å². The molecule has 0 saturated carbocycles. The highest BCUT2D eigenvalue weighted by Crippen LogP contribution is 2.41. The number of pyridine rings is 1. The highest BCUT2D eigenvalue weighted by Gasteiger charge is 2.26. The Morgan fingerprint density at radius 1 is 1.05 bits per heavy atom. The summed E-state index contributed by atoms with van der Waals surface area (Å²) in [5, 5.41) is 11.8. The Morgan fingerprint density at radius 2 is 1.83 bits per heavy atom. The van der Waals surface area contributed by atoms with Gasteiger partial charge in [-0.15, -0.1) is 5.10 Å². The van der Waals surface area contributed by atoms with Crippen molar-refractivity contribution < 1.29 is 17.6 Å².